The summed E-state index contributed by atoms with van der Waals surface area (Å²) in [5.41, 5.74) is -2.35. The van der Waals surface area contributed by atoms with Crippen molar-refractivity contribution in [3.05, 3.63) is 0 Å². The Kier molecular flexibility index (Phi) is 4.57. The molecule has 5 heteroatoms. The molecule has 4 fully saturated rings. The second-order valence-electron chi connectivity index (χ2n) is 10.4. The van der Waals surface area contributed by atoms with E-state index in [4.69, 9.17) is 4.74 Å². The highest BCUT2D eigenvalue weighted by atomic mass is 16.5. The maximum absolute atomic E-state index is 13.4. The monoisotopic (exact) mass is 390 g/mol. The van der Waals surface area contributed by atoms with Crippen molar-refractivity contribution >= 4 is 17.5 Å². The van der Waals surface area contributed by atoms with Crippen LogP contribution in [0.4, 0.5) is 0 Å². The van der Waals surface area contributed by atoms with Crippen LogP contribution >= 0.6 is 0 Å². The molecule has 0 aromatic carbocycles. The van der Waals surface area contributed by atoms with Crippen LogP contribution in [0.3, 0.4) is 0 Å². The number of hydrogen-bond acceptors (Lipinski definition) is 5. The van der Waals surface area contributed by atoms with E-state index in [0.29, 0.717) is 30.6 Å². The molecule has 0 heterocycles. The first-order valence-electron chi connectivity index (χ1n) is 11.0. The van der Waals surface area contributed by atoms with Gasteiger partial charge in [-0.15, -0.1) is 0 Å². The summed E-state index contributed by atoms with van der Waals surface area (Å²) < 4.78 is 5.50. The van der Waals surface area contributed by atoms with Gasteiger partial charge >= 0.3 is 5.97 Å². The van der Waals surface area contributed by atoms with Crippen LogP contribution in [0, 0.1) is 34.5 Å². The second kappa shape index (κ2) is 6.38. The largest absolute Gasteiger partial charge is 0.463 e. The highest BCUT2D eigenvalue weighted by Gasteiger charge is 2.69. The second-order valence-corrected chi connectivity index (χ2v) is 10.4. The molecule has 0 saturated heterocycles. The quantitative estimate of drug-likeness (QED) is 0.730. The maximum Gasteiger partial charge on any atom is 0.302 e. The third-order valence-electron chi connectivity index (χ3n) is 9.53. The van der Waals surface area contributed by atoms with Gasteiger partial charge in [-0.2, -0.15) is 0 Å². The molecule has 0 amide bonds. The minimum atomic E-state index is -1.50. The topological polar surface area (TPSA) is 80.7 Å². The maximum atomic E-state index is 13.4. The average molecular weight is 391 g/mol. The van der Waals surface area contributed by atoms with Gasteiger partial charge in [-0.3, -0.25) is 14.4 Å². The van der Waals surface area contributed by atoms with Gasteiger partial charge in [0.05, 0.1) is 5.41 Å². The molecule has 156 valence electrons. The fourth-order valence-electron chi connectivity index (χ4n) is 7.86. The SMILES string of the molecule is CC(=O)O[C@H]1CC[C@@]2(C)[C@@H](CC[C@H]3[C@H]2CC(=O)[C@@]2(C)[C@@H]3CC[C@]2(O)C(C)=O)C1. The molecule has 4 saturated carbocycles. The predicted molar refractivity (Wildman–Crippen MR) is 103 cm³/mol. The normalized spacial score (nSPS) is 50.3. The number of rotatable bonds is 2. The van der Waals surface area contributed by atoms with Crippen LogP contribution < -0.4 is 0 Å². The third kappa shape index (κ3) is 2.50. The van der Waals surface area contributed by atoms with Crippen LogP contribution in [0.1, 0.15) is 79.1 Å². The molecule has 4 aliphatic carbocycles. The Hall–Kier alpha value is -1.23. The Morgan fingerprint density at radius 1 is 1.04 bits per heavy atom. The summed E-state index contributed by atoms with van der Waals surface area (Å²) in [6, 6.07) is 0. The molecule has 0 aromatic rings. The minimum absolute atomic E-state index is 0.00553. The molecule has 0 unspecified atom stereocenters. The molecule has 0 radical (unpaired) electrons. The first-order chi connectivity index (χ1) is 13.0. The van der Waals surface area contributed by atoms with E-state index >= 15 is 0 Å². The molecular weight excluding hydrogens is 356 g/mol. The summed E-state index contributed by atoms with van der Waals surface area (Å²) >= 11 is 0. The minimum Gasteiger partial charge on any atom is -0.463 e. The van der Waals surface area contributed by atoms with E-state index in [0.717, 1.165) is 38.5 Å². The lowest BCUT2D eigenvalue weighted by atomic mass is 9.44. The first kappa shape index (κ1) is 20.1. The number of hydrogen-bond donors (Lipinski definition) is 1. The number of carbonyl (C=O) groups is 3. The van der Waals surface area contributed by atoms with E-state index in [-0.39, 0.29) is 35.0 Å². The molecule has 4 rings (SSSR count). The summed E-state index contributed by atoms with van der Waals surface area (Å²) in [7, 11) is 0. The van der Waals surface area contributed by atoms with Crippen molar-refractivity contribution in [1.29, 1.82) is 0 Å². The summed E-state index contributed by atoms with van der Waals surface area (Å²) in [4.78, 5) is 37.1. The number of fused-ring (bicyclic) bond motifs is 5. The molecule has 4 aliphatic rings. The molecule has 0 bridgehead atoms. The Morgan fingerprint density at radius 3 is 2.39 bits per heavy atom. The molecular formula is C23H34O5. The zero-order valence-electron chi connectivity index (χ0n) is 17.6. The van der Waals surface area contributed by atoms with Gasteiger partial charge in [-0.05, 0) is 87.9 Å². The van der Waals surface area contributed by atoms with Crippen LogP contribution in [0.25, 0.3) is 0 Å². The van der Waals surface area contributed by atoms with Crippen molar-refractivity contribution in [2.24, 2.45) is 34.5 Å². The van der Waals surface area contributed by atoms with E-state index < -0.39 is 11.0 Å². The lowest BCUT2D eigenvalue weighted by molar-refractivity contribution is -0.181. The van der Waals surface area contributed by atoms with E-state index in [1.807, 2.05) is 6.92 Å². The molecule has 5 nitrogen and oxygen atoms in total. The summed E-state index contributed by atoms with van der Waals surface area (Å²) in [5, 5.41) is 11.2. The van der Waals surface area contributed by atoms with Gasteiger partial charge in [-0.25, -0.2) is 0 Å². The lowest BCUT2D eigenvalue weighted by Crippen LogP contribution is -2.62. The van der Waals surface area contributed by atoms with Crippen molar-refractivity contribution in [3.8, 4) is 0 Å². The molecule has 1 N–H and O–H groups in total. The first-order valence-corrected chi connectivity index (χ1v) is 11.0. The Morgan fingerprint density at radius 2 is 1.75 bits per heavy atom. The van der Waals surface area contributed by atoms with Crippen molar-refractivity contribution in [2.75, 3.05) is 0 Å². The van der Waals surface area contributed by atoms with Crippen LogP contribution in [0.15, 0.2) is 0 Å². The van der Waals surface area contributed by atoms with Gasteiger partial charge in [0.25, 0.3) is 0 Å². The highest BCUT2D eigenvalue weighted by molar-refractivity contribution is 5.97. The van der Waals surface area contributed by atoms with Crippen LogP contribution in [0.2, 0.25) is 0 Å². The van der Waals surface area contributed by atoms with E-state index in [1.165, 1.54) is 13.8 Å². The number of aliphatic hydroxyl groups is 1. The Labute approximate surface area is 167 Å². The van der Waals surface area contributed by atoms with E-state index in [9.17, 15) is 19.5 Å². The smallest absolute Gasteiger partial charge is 0.302 e. The Balaban J connectivity index is 1.62. The number of Topliss-reactive ketones (excluding diaryl/α,β-unsaturated/α-hetero) is 2. The van der Waals surface area contributed by atoms with Crippen molar-refractivity contribution in [3.63, 3.8) is 0 Å². The zero-order valence-corrected chi connectivity index (χ0v) is 17.6. The van der Waals surface area contributed by atoms with Crippen LogP contribution in [-0.2, 0) is 19.1 Å². The number of carbonyl (C=O) groups excluding carboxylic acids is 3. The van der Waals surface area contributed by atoms with Crippen molar-refractivity contribution < 1.29 is 24.2 Å². The molecule has 0 aromatic heterocycles. The Bertz CT molecular complexity index is 716. The van der Waals surface area contributed by atoms with Gasteiger partial charge in [-0.1, -0.05) is 6.92 Å². The lowest BCUT2D eigenvalue weighted by Gasteiger charge is -2.60. The standard InChI is InChI=1S/C23H34O5/c1-13(24)23(27)10-8-18-17-6-5-15-11-16(28-14(2)25)7-9-21(15,3)19(17)12-20(26)22(18,23)4/h15-19,27H,5-12H2,1-4H3/t15-,16-,17+,18+,19+,21-,22+,23-/m0/s1. The average Bonchev–Trinajstić information content (AvgIpc) is 2.90. The van der Waals surface area contributed by atoms with Gasteiger partial charge < -0.3 is 9.84 Å². The highest BCUT2D eigenvalue weighted by Crippen LogP contribution is 2.67. The van der Waals surface area contributed by atoms with Gasteiger partial charge in [0, 0.05) is 13.3 Å². The summed E-state index contributed by atoms with van der Waals surface area (Å²) in [5.74, 6) is 0.880. The van der Waals surface area contributed by atoms with E-state index in [2.05, 4.69) is 6.92 Å². The molecule has 8 atom stereocenters. The van der Waals surface area contributed by atoms with Gasteiger partial charge in [0.1, 0.15) is 17.5 Å². The number of ether oxygens (including phenoxy) is 1. The van der Waals surface area contributed by atoms with Gasteiger partial charge in [0.2, 0.25) is 0 Å². The van der Waals surface area contributed by atoms with Gasteiger partial charge in [0.15, 0.2) is 5.78 Å². The summed E-state index contributed by atoms with van der Waals surface area (Å²) in [6.45, 7) is 7.10. The fourth-order valence-corrected chi connectivity index (χ4v) is 7.86. The van der Waals surface area contributed by atoms with Crippen LogP contribution in [-0.4, -0.2) is 34.3 Å². The predicted octanol–water partition coefficient (Wildman–Crippen LogP) is 3.46. The zero-order chi connectivity index (χ0) is 20.5. The van der Waals surface area contributed by atoms with E-state index in [1.54, 1.807) is 0 Å². The summed E-state index contributed by atoms with van der Waals surface area (Å²) in [6.07, 6.45) is 6.50. The number of ketones is 2. The molecule has 0 spiro atoms. The molecule has 0 aliphatic heterocycles. The number of esters is 1. The third-order valence-corrected chi connectivity index (χ3v) is 9.53. The van der Waals surface area contributed by atoms with Crippen LogP contribution in [0.5, 0.6) is 0 Å². The van der Waals surface area contributed by atoms with Crippen molar-refractivity contribution in [2.45, 2.75) is 90.8 Å². The fraction of sp³-hybridized carbons (Fsp3) is 0.870. The molecule has 28 heavy (non-hydrogen) atoms. The van der Waals surface area contributed by atoms with Crippen molar-refractivity contribution in [1.82, 2.24) is 0 Å².